The minimum Gasteiger partial charge on any atom is -0.378 e. The number of aliphatic hydroxyl groups is 1. The average Bonchev–Trinajstić information content (AvgIpc) is 3.24. The number of nitrogen functional groups attached to an aromatic ring is 1. The van der Waals surface area contributed by atoms with Gasteiger partial charge in [0.15, 0.2) is 0 Å². The Kier molecular flexibility index (Phi) is 3.48. The van der Waals surface area contributed by atoms with E-state index in [0.29, 0.717) is 21.9 Å². The van der Waals surface area contributed by atoms with Gasteiger partial charge in [-0.3, -0.25) is 4.57 Å². The Balaban J connectivity index is 1.93. The van der Waals surface area contributed by atoms with Gasteiger partial charge >= 0.3 is 0 Å². The molecule has 3 aromatic heterocycles. The Morgan fingerprint density at radius 1 is 1.24 bits per heavy atom. The van der Waals surface area contributed by atoms with E-state index in [-0.39, 0.29) is 11.5 Å². The SMILES string of the molecule is CC(O)(c1nccs1)c1cc2c(cc1F)ncn2-c1ccnc(N)n1. The summed E-state index contributed by atoms with van der Waals surface area (Å²) in [4.78, 5) is 16.3. The highest BCUT2D eigenvalue weighted by atomic mass is 32.1. The van der Waals surface area contributed by atoms with Gasteiger partial charge in [0.1, 0.15) is 28.6 Å². The molecular formula is C16H13FN6OS. The largest absolute Gasteiger partial charge is 0.378 e. The maximum atomic E-state index is 14.6. The molecule has 1 aromatic carbocycles. The lowest BCUT2D eigenvalue weighted by atomic mass is 9.95. The summed E-state index contributed by atoms with van der Waals surface area (Å²) < 4.78 is 16.3. The van der Waals surface area contributed by atoms with Crippen molar-refractivity contribution in [1.29, 1.82) is 0 Å². The number of anilines is 1. The predicted molar refractivity (Wildman–Crippen MR) is 91.8 cm³/mol. The van der Waals surface area contributed by atoms with Crippen LogP contribution in [0.5, 0.6) is 0 Å². The van der Waals surface area contributed by atoms with Crippen molar-refractivity contribution in [1.82, 2.24) is 24.5 Å². The van der Waals surface area contributed by atoms with Crippen molar-refractivity contribution in [3.05, 3.63) is 58.7 Å². The number of benzene rings is 1. The van der Waals surface area contributed by atoms with Gasteiger partial charge in [-0.25, -0.2) is 19.3 Å². The first-order valence-corrected chi connectivity index (χ1v) is 8.23. The van der Waals surface area contributed by atoms with Crippen molar-refractivity contribution in [3.63, 3.8) is 0 Å². The summed E-state index contributed by atoms with van der Waals surface area (Å²) in [7, 11) is 0. The van der Waals surface area contributed by atoms with E-state index in [4.69, 9.17) is 5.73 Å². The third kappa shape index (κ3) is 2.53. The molecule has 3 heterocycles. The van der Waals surface area contributed by atoms with Gasteiger partial charge in [0.2, 0.25) is 5.95 Å². The molecule has 0 bridgehead atoms. The molecule has 1 unspecified atom stereocenters. The minimum atomic E-state index is -1.56. The maximum Gasteiger partial charge on any atom is 0.221 e. The predicted octanol–water partition coefficient (Wildman–Crippen LogP) is 2.25. The van der Waals surface area contributed by atoms with E-state index in [1.165, 1.54) is 36.9 Å². The van der Waals surface area contributed by atoms with E-state index in [1.54, 1.807) is 28.3 Å². The monoisotopic (exact) mass is 356 g/mol. The molecule has 0 saturated carbocycles. The molecule has 0 spiro atoms. The van der Waals surface area contributed by atoms with Crippen molar-refractivity contribution in [2.45, 2.75) is 12.5 Å². The molecule has 0 amide bonds. The van der Waals surface area contributed by atoms with E-state index < -0.39 is 11.4 Å². The minimum absolute atomic E-state index is 0.110. The number of hydrogen-bond donors (Lipinski definition) is 2. The fraction of sp³-hybridized carbons (Fsp3) is 0.125. The summed E-state index contributed by atoms with van der Waals surface area (Å²) in [5.74, 6) is 0.0677. The van der Waals surface area contributed by atoms with Gasteiger partial charge in [0, 0.05) is 29.4 Å². The molecule has 0 saturated heterocycles. The lowest BCUT2D eigenvalue weighted by Crippen LogP contribution is -2.24. The fourth-order valence-corrected chi connectivity index (χ4v) is 3.37. The number of thiazole rings is 1. The Labute approximate surface area is 145 Å². The van der Waals surface area contributed by atoms with E-state index in [1.807, 2.05) is 0 Å². The summed E-state index contributed by atoms with van der Waals surface area (Å²) in [6.45, 7) is 1.51. The lowest BCUT2D eigenvalue weighted by Gasteiger charge is -2.22. The highest BCUT2D eigenvalue weighted by Gasteiger charge is 2.32. The van der Waals surface area contributed by atoms with Gasteiger partial charge in [0.25, 0.3) is 0 Å². The molecule has 3 N–H and O–H groups in total. The van der Waals surface area contributed by atoms with Gasteiger partial charge in [0.05, 0.1) is 11.0 Å². The normalized spacial score (nSPS) is 13.9. The van der Waals surface area contributed by atoms with Crippen LogP contribution in [0.15, 0.2) is 42.3 Å². The first-order chi connectivity index (χ1) is 12.0. The fourth-order valence-electron chi connectivity index (χ4n) is 2.66. The maximum absolute atomic E-state index is 14.6. The first-order valence-electron chi connectivity index (χ1n) is 7.35. The summed E-state index contributed by atoms with van der Waals surface area (Å²) in [6.07, 6.45) is 4.62. The van der Waals surface area contributed by atoms with Crippen LogP contribution in [-0.4, -0.2) is 29.6 Å². The molecule has 0 radical (unpaired) electrons. The second kappa shape index (κ2) is 5.57. The van der Waals surface area contributed by atoms with Gasteiger partial charge < -0.3 is 10.8 Å². The average molecular weight is 356 g/mol. The van der Waals surface area contributed by atoms with Gasteiger partial charge in [-0.05, 0) is 19.1 Å². The van der Waals surface area contributed by atoms with Crippen LogP contribution in [-0.2, 0) is 5.60 Å². The summed E-state index contributed by atoms with van der Waals surface area (Å²) >= 11 is 1.26. The number of imidazole rings is 1. The quantitative estimate of drug-likeness (QED) is 0.584. The number of halogens is 1. The summed E-state index contributed by atoms with van der Waals surface area (Å²) in [5, 5.41) is 13.0. The van der Waals surface area contributed by atoms with Crippen LogP contribution in [0.3, 0.4) is 0 Å². The molecule has 1 atom stereocenters. The molecule has 0 aliphatic rings. The molecule has 4 aromatic rings. The number of aromatic nitrogens is 5. The van der Waals surface area contributed by atoms with E-state index in [0.717, 1.165) is 0 Å². The summed E-state index contributed by atoms with van der Waals surface area (Å²) in [5.41, 5.74) is 5.21. The molecule has 7 nitrogen and oxygen atoms in total. The number of hydrogen-bond acceptors (Lipinski definition) is 7. The molecule has 0 aliphatic carbocycles. The van der Waals surface area contributed by atoms with Crippen molar-refractivity contribution in [2.24, 2.45) is 0 Å². The van der Waals surface area contributed by atoms with Crippen molar-refractivity contribution in [3.8, 4) is 5.82 Å². The van der Waals surface area contributed by atoms with Crippen LogP contribution in [0.2, 0.25) is 0 Å². The van der Waals surface area contributed by atoms with Crippen LogP contribution in [0.1, 0.15) is 17.5 Å². The van der Waals surface area contributed by atoms with E-state index in [2.05, 4.69) is 19.9 Å². The van der Waals surface area contributed by atoms with Crippen LogP contribution in [0, 0.1) is 5.82 Å². The Hall–Kier alpha value is -2.91. The summed E-state index contributed by atoms with van der Waals surface area (Å²) in [6, 6.07) is 4.50. The number of nitrogens with zero attached hydrogens (tertiary/aromatic N) is 5. The molecule has 9 heteroatoms. The molecule has 25 heavy (non-hydrogen) atoms. The van der Waals surface area contributed by atoms with Crippen LogP contribution < -0.4 is 5.73 Å². The van der Waals surface area contributed by atoms with Crippen LogP contribution >= 0.6 is 11.3 Å². The third-order valence-electron chi connectivity index (χ3n) is 3.92. The standard InChI is InChI=1S/C16H13FN6OS/c1-16(24,14-19-4-5-25-14)9-6-12-11(7-10(9)17)21-8-23(12)13-2-3-20-15(18)22-13/h2-8,24H,1H3,(H2,18,20,22). The van der Waals surface area contributed by atoms with Crippen molar-refractivity contribution in [2.75, 3.05) is 5.73 Å². The van der Waals surface area contributed by atoms with Crippen molar-refractivity contribution >= 4 is 28.3 Å². The zero-order chi connectivity index (χ0) is 17.6. The van der Waals surface area contributed by atoms with Crippen LogP contribution in [0.4, 0.5) is 10.3 Å². The molecule has 126 valence electrons. The molecule has 4 rings (SSSR count). The highest BCUT2D eigenvalue weighted by molar-refractivity contribution is 7.09. The Morgan fingerprint density at radius 2 is 2.08 bits per heavy atom. The zero-order valence-corrected chi connectivity index (χ0v) is 13.9. The Morgan fingerprint density at radius 3 is 2.80 bits per heavy atom. The second-order valence-corrected chi connectivity index (χ2v) is 6.51. The molecular weight excluding hydrogens is 343 g/mol. The third-order valence-corrected chi connectivity index (χ3v) is 4.90. The van der Waals surface area contributed by atoms with Crippen LogP contribution in [0.25, 0.3) is 16.9 Å². The Bertz CT molecular complexity index is 1060. The number of fused-ring (bicyclic) bond motifs is 1. The zero-order valence-electron chi connectivity index (χ0n) is 13.1. The number of nitrogens with two attached hydrogens (primary N) is 1. The smallest absolute Gasteiger partial charge is 0.221 e. The lowest BCUT2D eigenvalue weighted by molar-refractivity contribution is 0.0977. The van der Waals surface area contributed by atoms with Gasteiger partial charge in [-0.1, -0.05) is 0 Å². The van der Waals surface area contributed by atoms with Gasteiger partial charge in [-0.2, -0.15) is 4.98 Å². The topological polar surface area (TPSA) is 103 Å². The van der Waals surface area contributed by atoms with Crippen molar-refractivity contribution < 1.29 is 9.50 Å². The second-order valence-electron chi connectivity index (χ2n) is 5.62. The van der Waals surface area contributed by atoms with E-state index >= 15 is 0 Å². The molecule has 0 fully saturated rings. The highest BCUT2D eigenvalue weighted by Crippen LogP contribution is 2.34. The number of rotatable bonds is 3. The molecule has 0 aliphatic heterocycles. The van der Waals surface area contributed by atoms with Gasteiger partial charge in [-0.15, -0.1) is 11.3 Å². The first kappa shape index (κ1) is 15.6. The van der Waals surface area contributed by atoms with E-state index in [9.17, 15) is 9.50 Å².